The minimum absolute atomic E-state index is 0.0712. The summed E-state index contributed by atoms with van der Waals surface area (Å²) >= 11 is 3.43. The van der Waals surface area contributed by atoms with Crippen molar-refractivity contribution >= 4 is 33.8 Å². The maximum absolute atomic E-state index is 10.6. The maximum atomic E-state index is 10.6. The van der Waals surface area contributed by atoms with Crippen LogP contribution < -0.4 is 9.47 Å². The molecular formula is C16H14BrNO4. The smallest absolute Gasteiger partial charge is 0.269 e. The van der Waals surface area contributed by atoms with Crippen LogP contribution in [0.15, 0.2) is 40.9 Å². The van der Waals surface area contributed by atoms with Crippen molar-refractivity contribution in [3.05, 3.63) is 62.1 Å². The maximum Gasteiger partial charge on any atom is 0.269 e. The van der Waals surface area contributed by atoms with Gasteiger partial charge in [0.15, 0.2) is 0 Å². The van der Waals surface area contributed by atoms with E-state index in [-0.39, 0.29) is 5.69 Å². The highest BCUT2D eigenvalue weighted by Crippen LogP contribution is 2.33. The summed E-state index contributed by atoms with van der Waals surface area (Å²) in [4.78, 5) is 10.2. The monoisotopic (exact) mass is 363 g/mol. The molecule has 0 bridgehead atoms. The van der Waals surface area contributed by atoms with Crippen molar-refractivity contribution in [2.45, 2.75) is 0 Å². The topological polar surface area (TPSA) is 61.6 Å². The molecule has 0 radical (unpaired) electrons. The Morgan fingerprint density at radius 1 is 1.05 bits per heavy atom. The van der Waals surface area contributed by atoms with Gasteiger partial charge in [0.25, 0.3) is 5.69 Å². The zero-order chi connectivity index (χ0) is 16.1. The van der Waals surface area contributed by atoms with E-state index in [1.165, 1.54) is 12.1 Å². The van der Waals surface area contributed by atoms with Crippen LogP contribution in [0.25, 0.3) is 12.2 Å². The van der Waals surface area contributed by atoms with Gasteiger partial charge in [0.2, 0.25) is 0 Å². The second-order valence-electron chi connectivity index (χ2n) is 4.41. The van der Waals surface area contributed by atoms with Crippen LogP contribution in [0.3, 0.4) is 0 Å². The van der Waals surface area contributed by atoms with Crippen molar-refractivity contribution in [2.24, 2.45) is 0 Å². The van der Waals surface area contributed by atoms with E-state index in [1.807, 2.05) is 18.2 Å². The van der Waals surface area contributed by atoms with Gasteiger partial charge in [0.05, 0.1) is 23.6 Å². The van der Waals surface area contributed by atoms with E-state index < -0.39 is 4.92 Å². The average molecular weight is 364 g/mol. The fourth-order valence-electron chi connectivity index (χ4n) is 1.91. The highest BCUT2D eigenvalue weighted by atomic mass is 79.9. The number of nitrogens with zero attached hydrogens (tertiary/aromatic N) is 1. The van der Waals surface area contributed by atoms with Gasteiger partial charge in [-0.2, -0.15) is 0 Å². The van der Waals surface area contributed by atoms with Gasteiger partial charge in [-0.05, 0) is 39.7 Å². The lowest BCUT2D eigenvalue weighted by atomic mass is 10.1. The molecule has 2 aromatic rings. The van der Waals surface area contributed by atoms with Crippen molar-refractivity contribution in [3.8, 4) is 11.5 Å². The van der Waals surface area contributed by atoms with Crippen LogP contribution in [0.1, 0.15) is 11.1 Å². The van der Waals surface area contributed by atoms with E-state index >= 15 is 0 Å². The zero-order valence-corrected chi connectivity index (χ0v) is 13.7. The molecule has 0 aromatic heterocycles. The molecule has 5 nitrogen and oxygen atoms in total. The summed E-state index contributed by atoms with van der Waals surface area (Å²) < 4.78 is 11.4. The lowest BCUT2D eigenvalue weighted by molar-refractivity contribution is -0.384. The first-order valence-corrected chi connectivity index (χ1v) is 7.18. The van der Waals surface area contributed by atoms with E-state index in [0.717, 1.165) is 15.6 Å². The number of rotatable bonds is 5. The summed E-state index contributed by atoms with van der Waals surface area (Å²) in [5, 5.41) is 10.6. The van der Waals surface area contributed by atoms with Crippen molar-refractivity contribution in [2.75, 3.05) is 14.2 Å². The van der Waals surface area contributed by atoms with Crippen LogP contribution in [-0.4, -0.2) is 19.1 Å². The summed E-state index contributed by atoms with van der Waals surface area (Å²) in [7, 11) is 3.18. The number of nitro benzene ring substituents is 1. The average Bonchev–Trinajstić information content (AvgIpc) is 2.53. The molecule has 0 aliphatic rings. The SMILES string of the molecule is COc1cc(OC)c(/C=C/c2ccc([N+](=O)[O-])cc2)cc1Br. The molecule has 0 saturated carbocycles. The molecular weight excluding hydrogens is 350 g/mol. The van der Waals surface area contributed by atoms with E-state index in [2.05, 4.69) is 15.9 Å². The van der Waals surface area contributed by atoms with Gasteiger partial charge >= 0.3 is 0 Å². The van der Waals surface area contributed by atoms with Crippen LogP contribution in [0.4, 0.5) is 5.69 Å². The van der Waals surface area contributed by atoms with Crippen LogP contribution >= 0.6 is 15.9 Å². The molecule has 0 atom stereocenters. The Morgan fingerprint density at radius 2 is 1.68 bits per heavy atom. The molecule has 114 valence electrons. The molecule has 22 heavy (non-hydrogen) atoms. The third-order valence-corrected chi connectivity index (χ3v) is 3.68. The van der Waals surface area contributed by atoms with Gasteiger partial charge in [-0.3, -0.25) is 10.1 Å². The Bertz CT molecular complexity index is 711. The molecule has 0 N–H and O–H groups in total. The van der Waals surface area contributed by atoms with Crippen LogP contribution in [0.5, 0.6) is 11.5 Å². The Balaban J connectivity index is 2.29. The summed E-state index contributed by atoms with van der Waals surface area (Å²) in [5.74, 6) is 1.36. The highest BCUT2D eigenvalue weighted by Gasteiger charge is 2.07. The first-order chi connectivity index (χ1) is 10.5. The minimum atomic E-state index is -0.420. The third kappa shape index (κ3) is 3.65. The van der Waals surface area contributed by atoms with Gasteiger partial charge in [0, 0.05) is 23.8 Å². The van der Waals surface area contributed by atoms with Crippen LogP contribution in [0.2, 0.25) is 0 Å². The van der Waals surface area contributed by atoms with Gasteiger partial charge in [-0.1, -0.05) is 12.2 Å². The largest absolute Gasteiger partial charge is 0.496 e. The Kier molecular flexibility index (Phi) is 5.16. The summed E-state index contributed by atoms with van der Waals surface area (Å²) in [6.45, 7) is 0. The summed E-state index contributed by atoms with van der Waals surface area (Å²) in [6, 6.07) is 10.0. The van der Waals surface area contributed by atoms with Crippen molar-refractivity contribution in [1.29, 1.82) is 0 Å². The second-order valence-corrected chi connectivity index (χ2v) is 5.27. The number of hydrogen-bond acceptors (Lipinski definition) is 4. The molecule has 0 fully saturated rings. The first kappa shape index (κ1) is 16.0. The predicted octanol–water partition coefficient (Wildman–Crippen LogP) is 4.54. The van der Waals surface area contributed by atoms with E-state index in [4.69, 9.17) is 9.47 Å². The standard InChI is InChI=1S/C16H14BrNO4/c1-21-15-10-16(22-2)14(17)9-12(15)6-3-11-4-7-13(8-5-11)18(19)20/h3-10H,1-2H3/b6-3+. The quantitative estimate of drug-likeness (QED) is 0.444. The second kappa shape index (κ2) is 7.09. The minimum Gasteiger partial charge on any atom is -0.496 e. The molecule has 2 aromatic carbocycles. The van der Waals surface area contributed by atoms with Crippen molar-refractivity contribution in [3.63, 3.8) is 0 Å². The number of halogens is 1. The van der Waals surface area contributed by atoms with Crippen molar-refractivity contribution < 1.29 is 14.4 Å². The lowest BCUT2D eigenvalue weighted by Gasteiger charge is -2.09. The number of benzene rings is 2. The fourth-order valence-corrected chi connectivity index (χ4v) is 2.43. The third-order valence-electron chi connectivity index (χ3n) is 3.06. The molecule has 6 heteroatoms. The molecule has 0 unspecified atom stereocenters. The van der Waals surface area contributed by atoms with Crippen LogP contribution in [0, 0.1) is 10.1 Å². The Morgan fingerprint density at radius 3 is 2.23 bits per heavy atom. The summed E-state index contributed by atoms with van der Waals surface area (Å²) in [6.07, 6.45) is 3.74. The fraction of sp³-hybridized carbons (Fsp3) is 0.125. The molecule has 0 heterocycles. The highest BCUT2D eigenvalue weighted by molar-refractivity contribution is 9.10. The molecule has 0 aliphatic heterocycles. The number of hydrogen-bond donors (Lipinski definition) is 0. The predicted molar refractivity (Wildman–Crippen MR) is 89.3 cm³/mol. The zero-order valence-electron chi connectivity index (χ0n) is 12.1. The van der Waals surface area contributed by atoms with Gasteiger partial charge in [0.1, 0.15) is 11.5 Å². The molecule has 0 saturated heterocycles. The number of methoxy groups -OCH3 is 2. The number of ether oxygens (including phenoxy) is 2. The lowest BCUT2D eigenvalue weighted by Crippen LogP contribution is -1.91. The Hall–Kier alpha value is -2.34. The number of non-ortho nitro benzene ring substituents is 1. The number of nitro groups is 1. The molecule has 0 aliphatic carbocycles. The van der Waals surface area contributed by atoms with Gasteiger partial charge in [-0.25, -0.2) is 0 Å². The van der Waals surface area contributed by atoms with E-state index in [9.17, 15) is 10.1 Å². The van der Waals surface area contributed by atoms with Gasteiger partial charge < -0.3 is 9.47 Å². The van der Waals surface area contributed by atoms with Crippen LogP contribution in [-0.2, 0) is 0 Å². The Labute approximate surface area is 136 Å². The van der Waals surface area contributed by atoms with Gasteiger partial charge in [-0.15, -0.1) is 0 Å². The first-order valence-electron chi connectivity index (χ1n) is 6.39. The van der Waals surface area contributed by atoms with E-state index in [0.29, 0.717) is 11.5 Å². The molecule has 0 spiro atoms. The molecule has 0 amide bonds. The summed E-state index contributed by atoms with van der Waals surface area (Å²) in [5.41, 5.74) is 1.80. The molecule has 2 rings (SSSR count). The normalized spacial score (nSPS) is 10.7. The van der Waals surface area contributed by atoms with Crippen molar-refractivity contribution in [1.82, 2.24) is 0 Å². The van der Waals surface area contributed by atoms with E-state index in [1.54, 1.807) is 32.4 Å².